The molecule has 0 spiro atoms. The van der Waals surface area contributed by atoms with Gasteiger partial charge in [-0.15, -0.1) is 0 Å². The minimum absolute atomic E-state index is 0.190. The molecule has 1 N–H and O–H groups in total. The number of benzene rings is 2. The summed E-state index contributed by atoms with van der Waals surface area (Å²) in [5.74, 6) is 0.733. The van der Waals surface area contributed by atoms with Crippen molar-refractivity contribution in [3.05, 3.63) is 65.9 Å². The number of rotatable bonds is 4. The van der Waals surface area contributed by atoms with Gasteiger partial charge in [-0.3, -0.25) is 4.90 Å². The van der Waals surface area contributed by atoms with E-state index in [0.717, 1.165) is 49.8 Å². The zero-order valence-electron chi connectivity index (χ0n) is 15.4. The summed E-state index contributed by atoms with van der Waals surface area (Å²) in [6.45, 7) is 6.39. The molecule has 2 heterocycles. The monoisotopic (exact) mass is 361 g/mol. The normalized spacial score (nSPS) is 15.0. The van der Waals surface area contributed by atoms with Crippen LogP contribution in [0.25, 0.3) is 22.6 Å². The quantitative estimate of drug-likeness (QED) is 0.769. The molecule has 138 valence electrons. The summed E-state index contributed by atoms with van der Waals surface area (Å²) in [6, 6.07) is 17.6. The predicted octanol–water partition coefficient (Wildman–Crippen LogP) is 3.66. The van der Waals surface area contributed by atoms with Crippen LogP contribution in [0.15, 0.2) is 54.6 Å². The van der Waals surface area contributed by atoms with Crippen LogP contribution < -0.4 is 0 Å². The molecule has 0 amide bonds. The van der Waals surface area contributed by atoms with Gasteiger partial charge in [0.1, 0.15) is 5.75 Å². The van der Waals surface area contributed by atoms with E-state index in [9.17, 15) is 5.11 Å². The molecule has 0 saturated carbocycles. The van der Waals surface area contributed by atoms with Gasteiger partial charge in [-0.1, -0.05) is 30.3 Å². The van der Waals surface area contributed by atoms with Crippen LogP contribution in [0.5, 0.6) is 5.75 Å². The first-order chi connectivity index (χ1) is 13.2. The van der Waals surface area contributed by atoms with Gasteiger partial charge < -0.3 is 9.84 Å². The largest absolute Gasteiger partial charge is 0.507 e. The van der Waals surface area contributed by atoms with E-state index < -0.39 is 0 Å². The molecule has 0 unspecified atom stereocenters. The number of hydrogen-bond donors (Lipinski definition) is 1. The lowest BCUT2D eigenvalue weighted by Crippen LogP contribution is -2.35. The topological polar surface area (TPSA) is 58.5 Å². The first-order valence-electron chi connectivity index (χ1n) is 9.22. The van der Waals surface area contributed by atoms with Crippen molar-refractivity contribution in [2.45, 2.75) is 13.5 Å². The Morgan fingerprint density at radius 1 is 1.00 bits per heavy atom. The van der Waals surface area contributed by atoms with Crippen molar-refractivity contribution in [3.8, 4) is 28.4 Å². The van der Waals surface area contributed by atoms with Crippen LogP contribution in [0, 0.1) is 6.92 Å². The zero-order valence-corrected chi connectivity index (χ0v) is 15.4. The lowest BCUT2D eigenvalue weighted by molar-refractivity contribution is 0.0342. The third kappa shape index (κ3) is 4.15. The van der Waals surface area contributed by atoms with E-state index >= 15 is 0 Å². The van der Waals surface area contributed by atoms with Gasteiger partial charge >= 0.3 is 0 Å². The molecule has 1 fully saturated rings. The molecule has 5 heteroatoms. The molecule has 1 aliphatic rings. The summed E-state index contributed by atoms with van der Waals surface area (Å²) < 4.78 is 5.43. The van der Waals surface area contributed by atoms with Gasteiger partial charge in [0.05, 0.1) is 24.5 Å². The van der Waals surface area contributed by atoms with Gasteiger partial charge in [0, 0.05) is 30.9 Å². The third-order valence-corrected chi connectivity index (χ3v) is 4.73. The van der Waals surface area contributed by atoms with Gasteiger partial charge in [-0.25, -0.2) is 9.97 Å². The molecular weight excluding hydrogens is 338 g/mol. The number of phenolic OH excluding ortho intramolecular Hbond substituents is 1. The maximum Gasteiger partial charge on any atom is 0.163 e. The maximum absolute atomic E-state index is 10.1. The van der Waals surface area contributed by atoms with Crippen molar-refractivity contribution in [2.24, 2.45) is 0 Å². The standard InChI is InChI=1S/C22H23N3O2/c1-16-13-20(24-22(23-16)19-7-2-3-8-21(19)26)18-6-4-5-17(14-18)15-25-9-11-27-12-10-25/h2-8,13-14,26H,9-12,15H2,1H3. The molecule has 4 rings (SSSR count). The number of morpholine rings is 1. The van der Waals surface area contributed by atoms with Crippen molar-refractivity contribution in [2.75, 3.05) is 26.3 Å². The van der Waals surface area contributed by atoms with E-state index in [2.05, 4.69) is 34.1 Å². The molecule has 0 radical (unpaired) electrons. The van der Waals surface area contributed by atoms with E-state index in [1.165, 1.54) is 5.56 Å². The van der Waals surface area contributed by atoms with Crippen LogP contribution in [0.4, 0.5) is 0 Å². The van der Waals surface area contributed by atoms with Gasteiger partial charge in [0.25, 0.3) is 0 Å². The van der Waals surface area contributed by atoms with E-state index in [-0.39, 0.29) is 5.75 Å². The van der Waals surface area contributed by atoms with E-state index in [1.807, 2.05) is 25.1 Å². The molecule has 27 heavy (non-hydrogen) atoms. The highest BCUT2D eigenvalue weighted by molar-refractivity contribution is 5.68. The predicted molar refractivity (Wildman–Crippen MR) is 105 cm³/mol. The average Bonchev–Trinajstić information content (AvgIpc) is 2.69. The van der Waals surface area contributed by atoms with E-state index in [1.54, 1.807) is 12.1 Å². The Morgan fingerprint density at radius 2 is 1.81 bits per heavy atom. The fraction of sp³-hybridized carbons (Fsp3) is 0.273. The van der Waals surface area contributed by atoms with Crippen LogP contribution >= 0.6 is 0 Å². The Morgan fingerprint density at radius 3 is 2.63 bits per heavy atom. The maximum atomic E-state index is 10.1. The second kappa shape index (κ2) is 7.86. The number of aryl methyl sites for hydroxylation is 1. The molecule has 0 aliphatic carbocycles. The molecule has 0 bridgehead atoms. The van der Waals surface area contributed by atoms with Crippen LogP contribution in [-0.2, 0) is 11.3 Å². The molecule has 5 nitrogen and oxygen atoms in total. The van der Waals surface area contributed by atoms with Gasteiger partial charge in [0.2, 0.25) is 0 Å². The summed E-state index contributed by atoms with van der Waals surface area (Å²) in [5, 5.41) is 10.1. The van der Waals surface area contributed by atoms with E-state index in [0.29, 0.717) is 11.4 Å². The lowest BCUT2D eigenvalue weighted by atomic mass is 10.1. The van der Waals surface area contributed by atoms with Crippen molar-refractivity contribution >= 4 is 0 Å². The number of aromatic nitrogens is 2. The van der Waals surface area contributed by atoms with Crippen molar-refractivity contribution in [1.82, 2.24) is 14.9 Å². The summed E-state index contributed by atoms with van der Waals surface area (Å²) in [4.78, 5) is 11.6. The number of aromatic hydroxyl groups is 1. The summed E-state index contributed by atoms with van der Waals surface area (Å²) >= 11 is 0. The van der Waals surface area contributed by atoms with Gasteiger partial charge in [-0.2, -0.15) is 0 Å². The van der Waals surface area contributed by atoms with E-state index in [4.69, 9.17) is 9.72 Å². The average molecular weight is 361 g/mol. The minimum Gasteiger partial charge on any atom is -0.507 e. The minimum atomic E-state index is 0.190. The highest BCUT2D eigenvalue weighted by atomic mass is 16.5. The van der Waals surface area contributed by atoms with Gasteiger partial charge in [-0.05, 0) is 36.8 Å². The molecule has 1 saturated heterocycles. The number of ether oxygens (including phenoxy) is 1. The van der Waals surface area contributed by atoms with Gasteiger partial charge in [0.15, 0.2) is 5.82 Å². The van der Waals surface area contributed by atoms with Crippen molar-refractivity contribution < 1.29 is 9.84 Å². The Balaban J connectivity index is 1.65. The Labute approximate surface area is 159 Å². The smallest absolute Gasteiger partial charge is 0.163 e. The Hall–Kier alpha value is -2.76. The summed E-state index contributed by atoms with van der Waals surface area (Å²) in [5.41, 5.74) is 4.70. The molecule has 3 aromatic rings. The highest BCUT2D eigenvalue weighted by Gasteiger charge is 2.13. The van der Waals surface area contributed by atoms with Crippen molar-refractivity contribution in [3.63, 3.8) is 0 Å². The molecular formula is C22H23N3O2. The summed E-state index contributed by atoms with van der Waals surface area (Å²) in [7, 11) is 0. The fourth-order valence-corrected chi connectivity index (χ4v) is 3.35. The first-order valence-corrected chi connectivity index (χ1v) is 9.22. The number of nitrogens with zero attached hydrogens (tertiary/aromatic N) is 3. The van der Waals surface area contributed by atoms with Crippen LogP contribution in [0.1, 0.15) is 11.3 Å². The second-order valence-corrected chi connectivity index (χ2v) is 6.82. The molecule has 0 atom stereocenters. The van der Waals surface area contributed by atoms with Crippen LogP contribution in [-0.4, -0.2) is 46.3 Å². The second-order valence-electron chi connectivity index (χ2n) is 6.82. The molecule has 2 aromatic carbocycles. The molecule has 1 aromatic heterocycles. The third-order valence-electron chi connectivity index (χ3n) is 4.73. The first kappa shape index (κ1) is 17.6. The SMILES string of the molecule is Cc1cc(-c2cccc(CN3CCOCC3)c2)nc(-c2ccccc2O)n1. The highest BCUT2D eigenvalue weighted by Crippen LogP contribution is 2.28. The number of phenols is 1. The Bertz CT molecular complexity index is 936. The van der Waals surface area contributed by atoms with Crippen LogP contribution in [0.2, 0.25) is 0 Å². The van der Waals surface area contributed by atoms with Crippen LogP contribution in [0.3, 0.4) is 0 Å². The van der Waals surface area contributed by atoms with Crippen molar-refractivity contribution in [1.29, 1.82) is 0 Å². The Kier molecular flexibility index (Phi) is 5.14. The summed E-state index contributed by atoms with van der Waals surface area (Å²) in [6.07, 6.45) is 0. The zero-order chi connectivity index (χ0) is 18.6. The number of hydrogen-bond acceptors (Lipinski definition) is 5. The lowest BCUT2D eigenvalue weighted by Gasteiger charge is -2.26. The fourth-order valence-electron chi connectivity index (χ4n) is 3.35. The molecule has 1 aliphatic heterocycles. The number of para-hydroxylation sites is 1.